The molecule has 0 radical (unpaired) electrons. The number of carbonyl (C=O) groups excluding carboxylic acids is 1. The Morgan fingerprint density at radius 1 is 1.32 bits per heavy atom. The predicted octanol–water partition coefficient (Wildman–Crippen LogP) is 2.74. The van der Waals surface area contributed by atoms with Crippen LogP contribution in [0.2, 0.25) is 5.02 Å². The quantitative estimate of drug-likeness (QED) is 0.603. The molecule has 2 unspecified atom stereocenters. The minimum absolute atomic E-state index is 0.00322. The Balaban J connectivity index is 1.98. The van der Waals surface area contributed by atoms with E-state index >= 15 is 0 Å². The summed E-state index contributed by atoms with van der Waals surface area (Å²) < 4.78 is 6.37. The first-order valence-corrected chi connectivity index (χ1v) is 8.00. The highest BCUT2D eigenvalue weighted by molar-refractivity contribution is 6.32. The first-order valence-electron chi connectivity index (χ1n) is 7.62. The fraction of sp³-hybridized carbons (Fsp3) is 0.312. The summed E-state index contributed by atoms with van der Waals surface area (Å²) >= 11 is 5.89. The fourth-order valence-corrected chi connectivity index (χ4v) is 3.84. The molecule has 8 nitrogen and oxygen atoms in total. The van der Waals surface area contributed by atoms with Crippen LogP contribution in [0.3, 0.4) is 0 Å². The fourth-order valence-electron chi connectivity index (χ4n) is 3.65. The monoisotopic (exact) mass is 361 g/mol. The highest BCUT2D eigenvalue weighted by Gasteiger charge is 2.45. The number of Topliss-reactive ketones (excluding diaryl/α,β-unsaturated/α-hetero) is 1. The molecule has 0 bridgehead atoms. The van der Waals surface area contributed by atoms with Gasteiger partial charge < -0.3 is 4.52 Å². The Hall–Kier alpha value is -2.74. The number of rotatable bonds is 2. The van der Waals surface area contributed by atoms with Crippen molar-refractivity contribution < 1.29 is 14.2 Å². The van der Waals surface area contributed by atoms with Crippen LogP contribution in [0.25, 0.3) is 0 Å². The van der Waals surface area contributed by atoms with Crippen LogP contribution >= 0.6 is 11.6 Å². The Bertz CT molecular complexity index is 1020. The number of nitro benzene ring substituents is 1. The molecule has 0 N–H and O–H groups in total. The molecule has 2 aromatic rings. The summed E-state index contributed by atoms with van der Waals surface area (Å²) in [5.41, 5.74) is 0.543. The van der Waals surface area contributed by atoms with Crippen molar-refractivity contribution in [3.05, 3.63) is 54.9 Å². The van der Waals surface area contributed by atoms with Gasteiger partial charge in [0.2, 0.25) is 0 Å². The largest absolute Gasteiger partial charge is 0.363 e. The summed E-state index contributed by atoms with van der Waals surface area (Å²) in [6, 6.07) is 4.33. The molecule has 1 aromatic heterocycles. The van der Waals surface area contributed by atoms with Crippen molar-refractivity contribution in [2.75, 3.05) is 0 Å². The van der Waals surface area contributed by atoms with Gasteiger partial charge in [-0.1, -0.05) is 17.7 Å². The molecule has 1 aliphatic heterocycles. The van der Waals surface area contributed by atoms with E-state index in [0.717, 1.165) is 0 Å². The Morgan fingerprint density at radius 2 is 2.08 bits per heavy atom. The Labute approximate surface area is 145 Å². The number of halogens is 1. The van der Waals surface area contributed by atoms with Gasteiger partial charge in [0.05, 0.1) is 16.4 Å². The number of aryl methyl sites for hydroxylation is 1. The van der Waals surface area contributed by atoms with E-state index in [4.69, 9.17) is 16.1 Å². The maximum absolute atomic E-state index is 12.4. The first-order chi connectivity index (χ1) is 11.9. The van der Waals surface area contributed by atoms with Crippen molar-refractivity contribution in [3.63, 3.8) is 0 Å². The molecule has 9 heteroatoms. The number of nitrogens with zero attached hydrogens (tertiary/aromatic N) is 3. The number of hydrogen-bond donors (Lipinski definition) is 0. The van der Waals surface area contributed by atoms with Gasteiger partial charge in [-0.05, 0) is 18.1 Å². The van der Waals surface area contributed by atoms with Gasteiger partial charge in [0.15, 0.2) is 5.82 Å². The maximum atomic E-state index is 12.4. The number of carbonyl (C=O) groups is 1. The summed E-state index contributed by atoms with van der Waals surface area (Å²) in [6.45, 7) is 0. The van der Waals surface area contributed by atoms with E-state index in [9.17, 15) is 19.7 Å². The molecule has 1 fully saturated rings. The average molecular weight is 362 g/mol. The van der Waals surface area contributed by atoms with Crippen molar-refractivity contribution in [2.45, 2.75) is 18.8 Å². The zero-order valence-electron chi connectivity index (χ0n) is 13.1. The number of nitro groups is 1. The van der Waals surface area contributed by atoms with Gasteiger partial charge in [0.1, 0.15) is 10.8 Å². The van der Waals surface area contributed by atoms with Crippen LogP contribution in [0.15, 0.2) is 32.5 Å². The summed E-state index contributed by atoms with van der Waals surface area (Å²) in [4.78, 5) is 39.8. The third kappa shape index (κ3) is 2.25. The second-order valence-electron chi connectivity index (χ2n) is 6.11. The SMILES string of the molecule is Cn1oc(=O)c2c1N=C1CCC(=O)C1C2c1ccc(Cl)c([N+](=O)[O-])c1. The summed E-state index contributed by atoms with van der Waals surface area (Å²) in [6.07, 6.45) is 0.851. The normalized spacial score (nSPS) is 21.7. The average Bonchev–Trinajstić information content (AvgIpc) is 3.07. The molecule has 25 heavy (non-hydrogen) atoms. The molecule has 1 aromatic carbocycles. The van der Waals surface area contributed by atoms with Crippen LogP contribution in [0, 0.1) is 16.0 Å². The van der Waals surface area contributed by atoms with Crippen molar-refractivity contribution >= 4 is 34.6 Å². The number of fused-ring (bicyclic) bond motifs is 2. The minimum Gasteiger partial charge on any atom is -0.334 e. The van der Waals surface area contributed by atoms with Crippen molar-refractivity contribution in [2.24, 2.45) is 18.0 Å². The van der Waals surface area contributed by atoms with Gasteiger partial charge in [-0.15, -0.1) is 0 Å². The summed E-state index contributed by atoms with van der Waals surface area (Å²) in [5, 5.41) is 11.2. The van der Waals surface area contributed by atoms with Crippen LogP contribution in [0.4, 0.5) is 11.5 Å². The van der Waals surface area contributed by atoms with Gasteiger partial charge >= 0.3 is 5.63 Å². The lowest BCUT2D eigenvalue weighted by atomic mass is 9.77. The summed E-state index contributed by atoms with van der Waals surface area (Å²) in [5.74, 6) is -0.937. The zero-order chi connectivity index (χ0) is 17.9. The number of hydrogen-bond acceptors (Lipinski definition) is 6. The van der Waals surface area contributed by atoms with E-state index in [1.165, 1.54) is 16.9 Å². The van der Waals surface area contributed by atoms with Crippen molar-refractivity contribution in [1.82, 2.24) is 4.74 Å². The second-order valence-corrected chi connectivity index (χ2v) is 6.51. The van der Waals surface area contributed by atoms with E-state index in [1.54, 1.807) is 13.1 Å². The zero-order valence-corrected chi connectivity index (χ0v) is 13.8. The molecule has 1 aliphatic carbocycles. The summed E-state index contributed by atoms with van der Waals surface area (Å²) in [7, 11) is 1.56. The van der Waals surface area contributed by atoms with E-state index in [1.807, 2.05) is 0 Å². The van der Waals surface area contributed by atoms with Crippen LogP contribution in [0.5, 0.6) is 0 Å². The molecule has 0 spiro atoms. The lowest BCUT2D eigenvalue weighted by Crippen LogP contribution is -2.29. The van der Waals surface area contributed by atoms with Crippen LogP contribution in [0.1, 0.15) is 29.9 Å². The molecular formula is C16H12ClN3O5. The third-order valence-electron chi connectivity index (χ3n) is 4.73. The smallest absolute Gasteiger partial charge is 0.334 e. The molecule has 1 saturated carbocycles. The molecule has 2 atom stereocenters. The number of aromatic nitrogens is 1. The lowest BCUT2D eigenvalue weighted by Gasteiger charge is -2.26. The lowest BCUT2D eigenvalue weighted by molar-refractivity contribution is -0.384. The highest BCUT2D eigenvalue weighted by Crippen LogP contribution is 2.46. The molecule has 2 aliphatic rings. The maximum Gasteiger partial charge on any atom is 0.363 e. The van der Waals surface area contributed by atoms with Gasteiger partial charge in [0, 0.05) is 31.2 Å². The van der Waals surface area contributed by atoms with Gasteiger partial charge in [-0.25, -0.2) is 9.79 Å². The van der Waals surface area contributed by atoms with Crippen LogP contribution in [-0.2, 0) is 11.8 Å². The molecule has 128 valence electrons. The molecule has 0 saturated heterocycles. The number of benzene rings is 1. The minimum atomic E-state index is -0.661. The number of aliphatic imine (C=N–C) groups is 1. The topological polar surface area (TPSA) is 108 Å². The molecular weight excluding hydrogens is 350 g/mol. The van der Waals surface area contributed by atoms with Gasteiger partial charge in [0.25, 0.3) is 5.69 Å². The highest BCUT2D eigenvalue weighted by atomic mass is 35.5. The van der Waals surface area contributed by atoms with Crippen LogP contribution in [-0.4, -0.2) is 21.2 Å². The predicted molar refractivity (Wildman–Crippen MR) is 88.7 cm³/mol. The van der Waals surface area contributed by atoms with Crippen LogP contribution < -0.4 is 5.63 Å². The molecule has 2 heterocycles. The van der Waals surface area contributed by atoms with Gasteiger partial charge in [-0.2, -0.15) is 4.74 Å². The van der Waals surface area contributed by atoms with E-state index in [-0.39, 0.29) is 22.1 Å². The molecule has 0 amide bonds. The van der Waals surface area contributed by atoms with E-state index < -0.39 is 22.4 Å². The second kappa shape index (κ2) is 5.38. The van der Waals surface area contributed by atoms with Crippen molar-refractivity contribution in [3.8, 4) is 0 Å². The third-order valence-corrected chi connectivity index (χ3v) is 5.05. The van der Waals surface area contributed by atoms with E-state index in [2.05, 4.69) is 4.99 Å². The first kappa shape index (κ1) is 15.8. The molecule has 4 rings (SSSR count). The Morgan fingerprint density at radius 3 is 2.80 bits per heavy atom. The van der Waals surface area contributed by atoms with Gasteiger partial charge in [-0.3, -0.25) is 14.9 Å². The Kier molecular flexibility index (Phi) is 3.40. The standard InChI is InChI=1S/C16H12ClN3O5/c1-19-15-14(16(22)25-19)12(13-9(18-15)4-5-11(13)21)7-2-3-8(17)10(6-7)20(23)24/h2-3,6,12-13H,4-5H2,1H3. The number of ketones is 1. The van der Waals surface area contributed by atoms with Crippen molar-refractivity contribution in [1.29, 1.82) is 0 Å². The van der Waals surface area contributed by atoms with E-state index in [0.29, 0.717) is 29.9 Å².